The van der Waals surface area contributed by atoms with Crippen LogP contribution < -0.4 is 0 Å². The standard InChI is InChI=1S/C23H31N5/c1-24-21(19-6-8-20(9-7-19)28-13-4-14-28)16-23-22(25-10-11-26-23)15-18-5-3-12-27(2)17-18/h6,8,10-11,16,18H,1,3-5,7,9,12-15,17H2,2H3/b21-16-. The minimum Gasteiger partial charge on any atom is -0.375 e. The van der Waals surface area contributed by atoms with E-state index >= 15 is 0 Å². The summed E-state index contributed by atoms with van der Waals surface area (Å²) in [6, 6.07) is 0. The summed E-state index contributed by atoms with van der Waals surface area (Å²) >= 11 is 0. The van der Waals surface area contributed by atoms with E-state index in [0.717, 1.165) is 42.9 Å². The van der Waals surface area contributed by atoms with E-state index in [-0.39, 0.29) is 0 Å². The van der Waals surface area contributed by atoms with Gasteiger partial charge in [-0.1, -0.05) is 6.08 Å². The first kappa shape index (κ1) is 19.1. The monoisotopic (exact) mass is 377 g/mol. The molecule has 3 heterocycles. The van der Waals surface area contributed by atoms with Crippen molar-refractivity contribution in [1.29, 1.82) is 0 Å². The Balaban J connectivity index is 1.53. The van der Waals surface area contributed by atoms with E-state index in [1.54, 1.807) is 6.20 Å². The van der Waals surface area contributed by atoms with Crippen molar-refractivity contribution in [2.75, 3.05) is 33.2 Å². The Labute approximate surface area is 168 Å². The predicted octanol–water partition coefficient (Wildman–Crippen LogP) is 3.71. The Bertz CT molecular complexity index is 803. The highest BCUT2D eigenvalue weighted by molar-refractivity contribution is 5.59. The zero-order valence-electron chi connectivity index (χ0n) is 17.0. The number of hydrogen-bond acceptors (Lipinski definition) is 5. The highest BCUT2D eigenvalue weighted by atomic mass is 15.2. The summed E-state index contributed by atoms with van der Waals surface area (Å²) < 4.78 is 0. The van der Waals surface area contributed by atoms with Crippen molar-refractivity contribution < 1.29 is 0 Å². The summed E-state index contributed by atoms with van der Waals surface area (Å²) in [5.41, 5.74) is 5.66. The molecular formula is C23H31N5. The Morgan fingerprint density at radius 2 is 2.04 bits per heavy atom. The number of hydrogen-bond donors (Lipinski definition) is 0. The van der Waals surface area contributed by atoms with E-state index in [1.165, 1.54) is 50.2 Å². The lowest BCUT2D eigenvalue weighted by Crippen LogP contribution is -2.36. The van der Waals surface area contributed by atoms with Gasteiger partial charge in [0.25, 0.3) is 0 Å². The number of aromatic nitrogens is 2. The van der Waals surface area contributed by atoms with Crippen LogP contribution >= 0.6 is 0 Å². The maximum Gasteiger partial charge on any atom is 0.0866 e. The minimum atomic E-state index is 0.652. The molecule has 1 unspecified atom stereocenters. The summed E-state index contributed by atoms with van der Waals surface area (Å²) in [6.07, 6.45) is 17.1. The van der Waals surface area contributed by atoms with Gasteiger partial charge in [0, 0.05) is 37.7 Å². The van der Waals surface area contributed by atoms with Gasteiger partial charge in [-0.2, -0.15) is 0 Å². The number of rotatable bonds is 6. The maximum atomic E-state index is 4.66. The Morgan fingerprint density at radius 3 is 2.71 bits per heavy atom. The molecule has 4 rings (SSSR count). The molecule has 0 radical (unpaired) electrons. The van der Waals surface area contributed by atoms with Crippen molar-refractivity contribution in [2.24, 2.45) is 10.9 Å². The second kappa shape index (κ2) is 8.82. The minimum absolute atomic E-state index is 0.652. The van der Waals surface area contributed by atoms with Crippen LogP contribution in [0.1, 0.15) is 43.5 Å². The zero-order valence-corrected chi connectivity index (χ0v) is 17.0. The molecule has 0 aromatic carbocycles. The zero-order chi connectivity index (χ0) is 19.3. The normalized spacial score (nSPS) is 23.7. The molecule has 2 saturated heterocycles. The molecule has 0 spiro atoms. The van der Waals surface area contributed by atoms with Gasteiger partial charge in [-0.25, -0.2) is 0 Å². The van der Waals surface area contributed by atoms with Crippen LogP contribution in [0.4, 0.5) is 0 Å². The first-order valence-electron chi connectivity index (χ1n) is 10.5. The van der Waals surface area contributed by atoms with E-state index in [9.17, 15) is 0 Å². The molecule has 1 aromatic rings. The highest BCUT2D eigenvalue weighted by Crippen LogP contribution is 2.30. The summed E-state index contributed by atoms with van der Waals surface area (Å²) in [5.74, 6) is 0.652. The number of nitrogens with zero attached hydrogens (tertiary/aromatic N) is 5. The Hall–Kier alpha value is -2.27. The van der Waals surface area contributed by atoms with E-state index in [0.29, 0.717) is 5.92 Å². The third-order valence-electron chi connectivity index (χ3n) is 6.17. The van der Waals surface area contributed by atoms with Crippen LogP contribution in [0.25, 0.3) is 6.08 Å². The van der Waals surface area contributed by atoms with E-state index in [4.69, 9.17) is 0 Å². The third-order valence-corrected chi connectivity index (χ3v) is 6.17. The smallest absolute Gasteiger partial charge is 0.0866 e. The van der Waals surface area contributed by atoms with Crippen molar-refractivity contribution in [2.45, 2.75) is 38.5 Å². The van der Waals surface area contributed by atoms with Crippen molar-refractivity contribution in [3.8, 4) is 0 Å². The van der Waals surface area contributed by atoms with Crippen LogP contribution in [0.5, 0.6) is 0 Å². The molecular weight excluding hydrogens is 346 g/mol. The molecule has 1 aromatic heterocycles. The van der Waals surface area contributed by atoms with Gasteiger partial charge in [0.1, 0.15) is 0 Å². The average molecular weight is 378 g/mol. The fourth-order valence-corrected chi connectivity index (χ4v) is 4.44. The largest absolute Gasteiger partial charge is 0.375 e. The van der Waals surface area contributed by atoms with Crippen LogP contribution in [0, 0.1) is 5.92 Å². The summed E-state index contributed by atoms with van der Waals surface area (Å²) in [5, 5.41) is 0. The van der Waals surface area contributed by atoms with Gasteiger partial charge in [-0.15, -0.1) is 0 Å². The number of allylic oxidation sites excluding steroid dienone is 4. The molecule has 5 nitrogen and oxygen atoms in total. The third kappa shape index (κ3) is 4.41. The lowest BCUT2D eigenvalue weighted by molar-refractivity contribution is 0.208. The van der Waals surface area contributed by atoms with Gasteiger partial charge in [0.15, 0.2) is 0 Å². The molecule has 148 valence electrons. The van der Waals surface area contributed by atoms with Gasteiger partial charge in [-0.3, -0.25) is 15.0 Å². The first-order valence-corrected chi connectivity index (χ1v) is 10.5. The molecule has 2 aliphatic heterocycles. The van der Waals surface area contributed by atoms with Gasteiger partial charge >= 0.3 is 0 Å². The van der Waals surface area contributed by atoms with Crippen molar-refractivity contribution in [1.82, 2.24) is 19.8 Å². The first-order chi connectivity index (χ1) is 13.7. The molecule has 0 amide bonds. The van der Waals surface area contributed by atoms with Crippen molar-refractivity contribution in [3.05, 3.63) is 52.9 Å². The molecule has 5 heteroatoms. The van der Waals surface area contributed by atoms with Crippen LogP contribution in [0.3, 0.4) is 0 Å². The lowest BCUT2D eigenvalue weighted by Gasteiger charge is -2.36. The number of aliphatic imine (C=N–C) groups is 1. The van der Waals surface area contributed by atoms with Crippen LogP contribution in [0.15, 0.2) is 46.5 Å². The molecule has 1 aliphatic carbocycles. The summed E-state index contributed by atoms with van der Waals surface area (Å²) in [7, 11) is 2.21. The molecule has 0 saturated carbocycles. The van der Waals surface area contributed by atoms with E-state index in [2.05, 4.69) is 56.8 Å². The molecule has 28 heavy (non-hydrogen) atoms. The molecule has 0 bridgehead atoms. The van der Waals surface area contributed by atoms with Crippen LogP contribution in [-0.2, 0) is 6.42 Å². The fraction of sp³-hybridized carbons (Fsp3) is 0.522. The topological polar surface area (TPSA) is 44.6 Å². The number of piperidine rings is 1. The predicted molar refractivity (Wildman–Crippen MR) is 115 cm³/mol. The molecule has 0 N–H and O–H groups in total. The van der Waals surface area contributed by atoms with Gasteiger partial charge in [0.2, 0.25) is 0 Å². The molecule has 1 atom stereocenters. The summed E-state index contributed by atoms with van der Waals surface area (Å²) in [4.78, 5) is 18.5. The van der Waals surface area contributed by atoms with E-state index in [1.807, 2.05) is 6.20 Å². The lowest BCUT2D eigenvalue weighted by atomic mass is 9.92. The average Bonchev–Trinajstić information content (AvgIpc) is 2.67. The van der Waals surface area contributed by atoms with Crippen molar-refractivity contribution >= 4 is 12.8 Å². The van der Waals surface area contributed by atoms with Gasteiger partial charge in [-0.05, 0) is 82.5 Å². The fourth-order valence-electron chi connectivity index (χ4n) is 4.44. The second-order valence-corrected chi connectivity index (χ2v) is 8.24. The quantitative estimate of drug-likeness (QED) is 0.709. The van der Waals surface area contributed by atoms with Gasteiger partial charge in [0.05, 0.1) is 17.1 Å². The highest BCUT2D eigenvalue weighted by Gasteiger charge is 2.21. The van der Waals surface area contributed by atoms with Gasteiger partial charge < -0.3 is 9.80 Å². The number of likely N-dealkylation sites (tertiary alicyclic amines) is 2. The maximum absolute atomic E-state index is 4.66. The Kier molecular flexibility index (Phi) is 6.01. The molecule has 2 fully saturated rings. The van der Waals surface area contributed by atoms with Crippen molar-refractivity contribution in [3.63, 3.8) is 0 Å². The SMILES string of the molecule is C=N/C(=C\c1nccnc1CC1CCCN(C)C1)C1=CC=C(N2CCC2)CC1. The van der Waals surface area contributed by atoms with Crippen LogP contribution in [0.2, 0.25) is 0 Å². The van der Waals surface area contributed by atoms with Crippen LogP contribution in [-0.4, -0.2) is 59.7 Å². The summed E-state index contributed by atoms with van der Waals surface area (Å²) in [6.45, 7) is 8.58. The Morgan fingerprint density at radius 1 is 1.18 bits per heavy atom. The second-order valence-electron chi connectivity index (χ2n) is 8.24. The molecule has 3 aliphatic rings. The van der Waals surface area contributed by atoms with E-state index < -0.39 is 0 Å².